The number of hydrogen-bond donors (Lipinski definition) is 1. The van der Waals surface area contributed by atoms with Crippen molar-refractivity contribution in [2.24, 2.45) is 0 Å². The van der Waals surface area contributed by atoms with Gasteiger partial charge in [-0.15, -0.1) is 0 Å². The van der Waals surface area contributed by atoms with Crippen molar-refractivity contribution in [3.05, 3.63) is 77.4 Å². The van der Waals surface area contributed by atoms with E-state index in [2.05, 4.69) is 23.5 Å². The van der Waals surface area contributed by atoms with E-state index in [0.717, 1.165) is 18.4 Å². The molecule has 0 radical (unpaired) electrons. The van der Waals surface area contributed by atoms with Crippen LogP contribution in [0.4, 0.5) is 0 Å². The summed E-state index contributed by atoms with van der Waals surface area (Å²) >= 11 is 0. The van der Waals surface area contributed by atoms with Gasteiger partial charge in [0.2, 0.25) is 5.91 Å². The SMILES string of the molecule is Cc1cccc(/C=C/C(=O)NCCCc2ccccc2)c1. The monoisotopic (exact) mass is 279 g/mol. The fraction of sp³-hybridized carbons (Fsp3) is 0.211. The predicted octanol–water partition coefficient (Wildman–Crippen LogP) is 3.76. The lowest BCUT2D eigenvalue weighted by Crippen LogP contribution is -2.22. The van der Waals surface area contributed by atoms with E-state index in [4.69, 9.17) is 0 Å². The second-order valence-electron chi connectivity index (χ2n) is 5.13. The standard InChI is InChI=1S/C19H21NO/c1-16-7-5-10-18(15-16)12-13-19(21)20-14-6-11-17-8-3-2-4-9-17/h2-5,7-10,12-13,15H,6,11,14H2,1H3,(H,20,21)/b13-12+. The number of hydrogen-bond acceptors (Lipinski definition) is 1. The quantitative estimate of drug-likeness (QED) is 0.633. The van der Waals surface area contributed by atoms with Gasteiger partial charge in [0.05, 0.1) is 0 Å². The Hall–Kier alpha value is -2.35. The summed E-state index contributed by atoms with van der Waals surface area (Å²) in [6.07, 6.45) is 5.38. The van der Waals surface area contributed by atoms with Crippen molar-refractivity contribution in [2.75, 3.05) is 6.54 Å². The summed E-state index contributed by atoms with van der Waals surface area (Å²) in [5.74, 6) is -0.0374. The van der Waals surface area contributed by atoms with Gasteiger partial charge in [0, 0.05) is 12.6 Å². The lowest BCUT2D eigenvalue weighted by molar-refractivity contribution is -0.116. The molecule has 2 aromatic rings. The van der Waals surface area contributed by atoms with Crippen LogP contribution in [-0.4, -0.2) is 12.5 Å². The lowest BCUT2D eigenvalue weighted by Gasteiger charge is -2.03. The molecule has 2 nitrogen and oxygen atoms in total. The summed E-state index contributed by atoms with van der Waals surface area (Å²) in [6.45, 7) is 2.74. The molecule has 1 N–H and O–H groups in total. The molecular weight excluding hydrogens is 258 g/mol. The third-order valence-corrected chi connectivity index (χ3v) is 3.25. The van der Waals surface area contributed by atoms with Gasteiger partial charge in [0.15, 0.2) is 0 Å². The number of amides is 1. The van der Waals surface area contributed by atoms with Gasteiger partial charge in [0.25, 0.3) is 0 Å². The van der Waals surface area contributed by atoms with E-state index in [1.807, 2.05) is 49.4 Å². The Kier molecular flexibility index (Phi) is 5.77. The Bertz CT molecular complexity index is 602. The zero-order valence-corrected chi connectivity index (χ0v) is 12.4. The van der Waals surface area contributed by atoms with Gasteiger partial charge in [-0.2, -0.15) is 0 Å². The number of benzene rings is 2. The zero-order chi connectivity index (χ0) is 14.9. The van der Waals surface area contributed by atoms with Gasteiger partial charge < -0.3 is 5.32 Å². The first-order chi connectivity index (χ1) is 10.2. The topological polar surface area (TPSA) is 29.1 Å². The van der Waals surface area contributed by atoms with Gasteiger partial charge in [-0.3, -0.25) is 4.79 Å². The second-order valence-corrected chi connectivity index (χ2v) is 5.13. The molecule has 108 valence electrons. The highest BCUT2D eigenvalue weighted by molar-refractivity contribution is 5.91. The predicted molar refractivity (Wildman–Crippen MR) is 88.0 cm³/mol. The van der Waals surface area contributed by atoms with E-state index in [-0.39, 0.29) is 5.91 Å². The first kappa shape index (κ1) is 15.0. The highest BCUT2D eigenvalue weighted by atomic mass is 16.1. The van der Waals surface area contributed by atoms with Crippen molar-refractivity contribution in [3.8, 4) is 0 Å². The average Bonchev–Trinajstić information content (AvgIpc) is 2.51. The van der Waals surface area contributed by atoms with Crippen LogP contribution in [0.15, 0.2) is 60.7 Å². The van der Waals surface area contributed by atoms with E-state index in [1.165, 1.54) is 11.1 Å². The van der Waals surface area contributed by atoms with E-state index in [9.17, 15) is 4.79 Å². The molecule has 0 aliphatic heterocycles. The molecule has 0 heterocycles. The van der Waals surface area contributed by atoms with Crippen molar-refractivity contribution >= 4 is 12.0 Å². The van der Waals surface area contributed by atoms with Crippen molar-refractivity contribution in [2.45, 2.75) is 19.8 Å². The minimum atomic E-state index is -0.0374. The van der Waals surface area contributed by atoms with E-state index in [1.54, 1.807) is 6.08 Å². The van der Waals surface area contributed by atoms with Crippen LogP contribution in [0.2, 0.25) is 0 Å². The van der Waals surface area contributed by atoms with Crippen molar-refractivity contribution < 1.29 is 4.79 Å². The molecule has 0 spiro atoms. The third kappa shape index (κ3) is 5.65. The van der Waals surface area contributed by atoms with Crippen LogP contribution in [-0.2, 0) is 11.2 Å². The minimum Gasteiger partial charge on any atom is -0.353 e. The van der Waals surface area contributed by atoms with Crippen molar-refractivity contribution in [3.63, 3.8) is 0 Å². The van der Waals surface area contributed by atoms with Gasteiger partial charge >= 0.3 is 0 Å². The van der Waals surface area contributed by atoms with Crippen molar-refractivity contribution in [1.29, 1.82) is 0 Å². The number of rotatable bonds is 6. The Balaban J connectivity index is 1.70. The first-order valence-electron chi connectivity index (χ1n) is 7.30. The van der Waals surface area contributed by atoms with Gasteiger partial charge in [-0.25, -0.2) is 0 Å². The maximum atomic E-state index is 11.7. The normalized spacial score (nSPS) is 10.7. The Morgan fingerprint density at radius 1 is 1.10 bits per heavy atom. The summed E-state index contributed by atoms with van der Waals surface area (Å²) < 4.78 is 0. The second kappa shape index (κ2) is 8.05. The molecule has 0 atom stereocenters. The minimum absolute atomic E-state index is 0.0374. The molecule has 0 aromatic heterocycles. The van der Waals surface area contributed by atoms with Gasteiger partial charge in [-0.1, -0.05) is 60.2 Å². The summed E-state index contributed by atoms with van der Waals surface area (Å²) in [4.78, 5) is 11.7. The molecule has 21 heavy (non-hydrogen) atoms. The molecule has 0 saturated carbocycles. The van der Waals surface area contributed by atoms with E-state index in [0.29, 0.717) is 6.54 Å². The fourth-order valence-electron chi connectivity index (χ4n) is 2.15. The van der Waals surface area contributed by atoms with Crippen LogP contribution >= 0.6 is 0 Å². The van der Waals surface area contributed by atoms with E-state index < -0.39 is 0 Å². The number of aryl methyl sites for hydroxylation is 2. The van der Waals surface area contributed by atoms with Crippen LogP contribution < -0.4 is 5.32 Å². The highest BCUT2D eigenvalue weighted by Crippen LogP contribution is 2.05. The molecule has 2 rings (SSSR count). The molecule has 2 heteroatoms. The smallest absolute Gasteiger partial charge is 0.243 e. The third-order valence-electron chi connectivity index (χ3n) is 3.25. The Morgan fingerprint density at radius 3 is 2.67 bits per heavy atom. The molecular formula is C19H21NO. The zero-order valence-electron chi connectivity index (χ0n) is 12.4. The molecule has 0 aliphatic rings. The average molecular weight is 279 g/mol. The van der Waals surface area contributed by atoms with Crippen LogP contribution in [0.1, 0.15) is 23.1 Å². The maximum Gasteiger partial charge on any atom is 0.243 e. The molecule has 1 amide bonds. The maximum absolute atomic E-state index is 11.7. The summed E-state index contributed by atoms with van der Waals surface area (Å²) in [6, 6.07) is 18.4. The fourth-order valence-corrected chi connectivity index (χ4v) is 2.15. The van der Waals surface area contributed by atoms with E-state index >= 15 is 0 Å². The molecule has 0 aliphatic carbocycles. The number of carbonyl (C=O) groups excluding carboxylic acids is 1. The summed E-state index contributed by atoms with van der Waals surface area (Å²) in [5.41, 5.74) is 3.55. The van der Waals surface area contributed by atoms with Crippen LogP contribution in [0.5, 0.6) is 0 Å². The molecule has 0 unspecified atom stereocenters. The van der Waals surface area contributed by atoms with Crippen LogP contribution in [0, 0.1) is 6.92 Å². The van der Waals surface area contributed by atoms with Gasteiger partial charge in [0.1, 0.15) is 0 Å². The van der Waals surface area contributed by atoms with Crippen LogP contribution in [0.25, 0.3) is 6.08 Å². The number of carbonyl (C=O) groups is 1. The Labute approximate surface area is 126 Å². The number of nitrogens with one attached hydrogen (secondary N) is 1. The highest BCUT2D eigenvalue weighted by Gasteiger charge is 1.96. The largest absolute Gasteiger partial charge is 0.353 e. The van der Waals surface area contributed by atoms with Crippen molar-refractivity contribution in [1.82, 2.24) is 5.32 Å². The van der Waals surface area contributed by atoms with Gasteiger partial charge in [-0.05, 0) is 37.0 Å². The molecule has 0 fully saturated rings. The summed E-state index contributed by atoms with van der Waals surface area (Å²) in [7, 11) is 0. The Morgan fingerprint density at radius 2 is 1.90 bits per heavy atom. The first-order valence-corrected chi connectivity index (χ1v) is 7.30. The molecule has 2 aromatic carbocycles. The summed E-state index contributed by atoms with van der Waals surface area (Å²) in [5, 5.41) is 2.91. The molecule has 0 saturated heterocycles. The van der Waals surface area contributed by atoms with Crippen LogP contribution in [0.3, 0.4) is 0 Å². The lowest BCUT2D eigenvalue weighted by atomic mass is 10.1. The molecule has 0 bridgehead atoms.